The fourth-order valence-electron chi connectivity index (χ4n) is 3.51. The van der Waals surface area contributed by atoms with Crippen LogP contribution in [0.25, 0.3) is 0 Å². The number of rotatable bonds is 5. The highest BCUT2D eigenvalue weighted by molar-refractivity contribution is 6.04. The van der Waals surface area contributed by atoms with E-state index in [2.05, 4.69) is 5.32 Å². The molecular formula is C23H24FNO4. The normalized spacial score (nSPS) is 16.5. The molecule has 3 rings (SSSR count). The van der Waals surface area contributed by atoms with Crippen molar-refractivity contribution in [1.29, 1.82) is 0 Å². The van der Waals surface area contributed by atoms with Gasteiger partial charge in [-0.2, -0.15) is 0 Å². The third-order valence-corrected chi connectivity index (χ3v) is 5.15. The summed E-state index contributed by atoms with van der Waals surface area (Å²) in [6.45, 7) is 7.24. The van der Waals surface area contributed by atoms with E-state index >= 15 is 0 Å². The fourth-order valence-corrected chi connectivity index (χ4v) is 3.51. The first-order valence-corrected chi connectivity index (χ1v) is 9.63. The first kappa shape index (κ1) is 20.7. The van der Waals surface area contributed by atoms with E-state index in [9.17, 15) is 18.8 Å². The van der Waals surface area contributed by atoms with Crippen molar-refractivity contribution >= 4 is 17.7 Å². The van der Waals surface area contributed by atoms with E-state index in [1.165, 1.54) is 12.1 Å². The van der Waals surface area contributed by atoms with Crippen molar-refractivity contribution in [3.63, 3.8) is 0 Å². The Morgan fingerprint density at radius 2 is 1.79 bits per heavy atom. The average molecular weight is 397 g/mol. The molecule has 0 aromatic heterocycles. The summed E-state index contributed by atoms with van der Waals surface area (Å²) in [4.78, 5) is 37.6. The number of fused-ring (bicyclic) bond motifs is 1. The van der Waals surface area contributed by atoms with Crippen LogP contribution in [-0.4, -0.2) is 23.7 Å². The minimum atomic E-state index is -0.918. The summed E-state index contributed by atoms with van der Waals surface area (Å²) in [5.74, 6) is -2.29. The summed E-state index contributed by atoms with van der Waals surface area (Å²) in [5.41, 5.74) is 1.86. The van der Waals surface area contributed by atoms with E-state index in [4.69, 9.17) is 4.74 Å². The quantitative estimate of drug-likeness (QED) is 0.607. The predicted molar refractivity (Wildman–Crippen MR) is 107 cm³/mol. The molecule has 0 spiro atoms. The fraction of sp³-hybridized carbons (Fsp3) is 0.348. The molecule has 0 saturated heterocycles. The van der Waals surface area contributed by atoms with Crippen LogP contribution in [0.15, 0.2) is 36.4 Å². The molecule has 2 atom stereocenters. The van der Waals surface area contributed by atoms with Gasteiger partial charge >= 0.3 is 5.97 Å². The highest BCUT2D eigenvalue weighted by Crippen LogP contribution is 2.39. The van der Waals surface area contributed by atoms with Crippen LogP contribution in [0.3, 0.4) is 0 Å². The Morgan fingerprint density at radius 1 is 1.14 bits per heavy atom. The van der Waals surface area contributed by atoms with Crippen molar-refractivity contribution in [2.24, 2.45) is 5.92 Å². The number of Topliss-reactive ketones (excluding diaryl/α,β-unsaturated/α-hetero) is 1. The van der Waals surface area contributed by atoms with E-state index in [1.807, 2.05) is 19.1 Å². The van der Waals surface area contributed by atoms with Gasteiger partial charge in [0, 0.05) is 17.5 Å². The van der Waals surface area contributed by atoms with E-state index in [0.29, 0.717) is 5.56 Å². The molecule has 6 heteroatoms. The highest BCUT2D eigenvalue weighted by atomic mass is 19.1. The molecule has 0 aliphatic heterocycles. The van der Waals surface area contributed by atoms with Gasteiger partial charge in [-0.1, -0.05) is 38.5 Å². The molecule has 0 saturated carbocycles. The number of carbonyl (C=O) groups is 3. The summed E-state index contributed by atoms with van der Waals surface area (Å²) in [6.07, 6.45) is 0.179. The molecule has 1 aliphatic rings. The van der Waals surface area contributed by atoms with Crippen molar-refractivity contribution in [1.82, 2.24) is 5.32 Å². The van der Waals surface area contributed by atoms with Crippen LogP contribution in [0.2, 0.25) is 0 Å². The number of hydrogen-bond acceptors (Lipinski definition) is 4. The Kier molecular flexibility index (Phi) is 5.82. The van der Waals surface area contributed by atoms with Crippen LogP contribution in [0.5, 0.6) is 5.75 Å². The summed E-state index contributed by atoms with van der Waals surface area (Å²) < 4.78 is 19.6. The molecule has 0 bridgehead atoms. The van der Waals surface area contributed by atoms with Gasteiger partial charge in [-0.25, -0.2) is 9.18 Å². The number of halogens is 1. The SMILES string of the molecule is Cc1ccc(C(=O)N[C@H](C(=O)Oc2ccc(F)c3c2C(=O)CC3C)C(C)C)cc1. The number of benzene rings is 2. The Morgan fingerprint density at radius 3 is 2.41 bits per heavy atom. The maximum absolute atomic E-state index is 14.2. The molecule has 0 fully saturated rings. The monoisotopic (exact) mass is 397 g/mol. The molecule has 2 aromatic carbocycles. The number of aryl methyl sites for hydroxylation is 1. The van der Waals surface area contributed by atoms with E-state index in [-0.39, 0.29) is 40.9 Å². The van der Waals surface area contributed by atoms with Gasteiger partial charge in [0.05, 0.1) is 5.56 Å². The maximum atomic E-state index is 14.2. The van der Waals surface area contributed by atoms with Crippen LogP contribution in [0.4, 0.5) is 4.39 Å². The Hall–Kier alpha value is -3.02. The lowest BCUT2D eigenvalue weighted by Crippen LogP contribution is -2.46. The molecule has 152 valence electrons. The van der Waals surface area contributed by atoms with Crippen LogP contribution >= 0.6 is 0 Å². The minimum absolute atomic E-state index is 0.0379. The molecule has 1 unspecified atom stereocenters. The molecule has 0 heterocycles. The topological polar surface area (TPSA) is 72.5 Å². The lowest BCUT2D eigenvalue weighted by molar-refractivity contribution is -0.137. The molecule has 0 radical (unpaired) electrons. The lowest BCUT2D eigenvalue weighted by Gasteiger charge is -2.21. The number of ether oxygens (including phenoxy) is 1. The number of carbonyl (C=O) groups excluding carboxylic acids is 3. The van der Waals surface area contributed by atoms with Gasteiger partial charge in [0.15, 0.2) is 5.78 Å². The second-order valence-electron chi connectivity index (χ2n) is 7.84. The van der Waals surface area contributed by atoms with E-state index < -0.39 is 23.7 Å². The third kappa shape index (κ3) is 4.21. The zero-order valence-corrected chi connectivity index (χ0v) is 16.9. The Balaban J connectivity index is 1.82. The second kappa shape index (κ2) is 8.15. The summed E-state index contributed by atoms with van der Waals surface area (Å²) in [7, 11) is 0. The van der Waals surface area contributed by atoms with Crippen LogP contribution in [0.1, 0.15) is 65.0 Å². The van der Waals surface area contributed by atoms with Gasteiger partial charge in [-0.05, 0) is 43.0 Å². The van der Waals surface area contributed by atoms with Gasteiger partial charge in [-0.15, -0.1) is 0 Å². The van der Waals surface area contributed by atoms with Crippen LogP contribution in [0, 0.1) is 18.7 Å². The van der Waals surface area contributed by atoms with Crippen molar-refractivity contribution in [2.45, 2.75) is 46.1 Å². The largest absolute Gasteiger partial charge is 0.424 e. The summed E-state index contributed by atoms with van der Waals surface area (Å²) in [6, 6.07) is 8.56. The first-order chi connectivity index (χ1) is 13.7. The molecule has 29 heavy (non-hydrogen) atoms. The zero-order valence-electron chi connectivity index (χ0n) is 16.9. The minimum Gasteiger partial charge on any atom is -0.424 e. The smallest absolute Gasteiger partial charge is 0.334 e. The zero-order chi connectivity index (χ0) is 21.3. The summed E-state index contributed by atoms with van der Waals surface area (Å²) in [5, 5.41) is 2.70. The number of hydrogen-bond donors (Lipinski definition) is 1. The van der Waals surface area contributed by atoms with E-state index in [0.717, 1.165) is 5.56 Å². The van der Waals surface area contributed by atoms with Crippen LogP contribution in [-0.2, 0) is 4.79 Å². The van der Waals surface area contributed by atoms with Gasteiger partial charge in [0.1, 0.15) is 17.6 Å². The number of esters is 1. The summed E-state index contributed by atoms with van der Waals surface area (Å²) >= 11 is 0. The second-order valence-corrected chi connectivity index (χ2v) is 7.84. The molecule has 1 amide bonds. The number of amides is 1. The van der Waals surface area contributed by atoms with Crippen molar-refractivity contribution in [3.05, 3.63) is 64.5 Å². The van der Waals surface area contributed by atoms with Crippen molar-refractivity contribution in [3.8, 4) is 5.75 Å². The molecule has 5 nitrogen and oxygen atoms in total. The lowest BCUT2D eigenvalue weighted by atomic mass is 10.0. The Bertz CT molecular complexity index is 966. The standard InChI is InChI=1S/C23H24FNO4/c1-12(2)21(25-22(27)15-7-5-13(3)6-8-15)23(28)29-18-10-9-16(24)19-14(4)11-17(26)20(18)19/h5-10,12,14,21H,11H2,1-4H3,(H,25,27)/t14?,21-/m0/s1. The van der Waals surface area contributed by atoms with E-state index in [1.54, 1.807) is 32.9 Å². The van der Waals surface area contributed by atoms with Gasteiger partial charge in [0.2, 0.25) is 0 Å². The third-order valence-electron chi connectivity index (χ3n) is 5.15. The highest BCUT2D eigenvalue weighted by Gasteiger charge is 2.34. The molecular weight excluding hydrogens is 373 g/mol. The van der Waals surface area contributed by atoms with Crippen LogP contribution < -0.4 is 10.1 Å². The van der Waals surface area contributed by atoms with Gasteiger partial charge < -0.3 is 10.1 Å². The Labute approximate surface area is 169 Å². The maximum Gasteiger partial charge on any atom is 0.334 e. The molecule has 1 N–H and O–H groups in total. The number of nitrogens with one attached hydrogen (secondary N) is 1. The average Bonchev–Trinajstić information content (AvgIpc) is 2.97. The number of ketones is 1. The molecule has 2 aromatic rings. The van der Waals surface area contributed by atoms with Gasteiger partial charge in [0.25, 0.3) is 5.91 Å². The predicted octanol–water partition coefficient (Wildman–Crippen LogP) is 4.18. The molecule has 1 aliphatic carbocycles. The van der Waals surface area contributed by atoms with Gasteiger partial charge in [-0.3, -0.25) is 9.59 Å². The van der Waals surface area contributed by atoms with Crippen molar-refractivity contribution in [2.75, 3.05) is 0 Å². The first-order valence-electron chi connectivity index (χ1n) is 9.63. The van der Waals surface area contributed by atoms with Crippen molar-refractivity contribution < 1.29 is 23.5 Å².